The number of halogens is 2. The second-order valence-corrected chi connectivity index (χ2v) is 21.8. The Morgan fingerprint density at radius 3 is 2.46 bits per heavy atom. The summed E-state index contributed by atoms with van der Waals surface area (Å²) in [6, 6.07) is 8.54. The molecule has 0 bridgehead atoms. The fourth-order valence-corrected chi connectivity index (χ4v) is 1.43. The van der Waals surface area contributed by atoms with Crippen molar-refractivity contribution in [2.75, 3.05) is 0 Å². The summed E-state index contributed by atoms with van der Waals surface area (Å²) in [7, 11) is 0. The Bertz CT molecular complexity index is 297. The van der Waals surface area contributed by atoms with E-state index in [1.165, 1.54) is 11.1 Å². The van der Waals surface area contributed by atoms with Crippen molar-refractivity contribution in [1.82, 2.24) is 0 Å². The number of hydrogen-bond donors (Lipinski definition) is 0. The first-order chi connectivity index (χ1) is 6.29. The molecule has 0 spiro atoms. The van der Waals surface area contributed by atoms with Gasteiger partial charge in [-0.15, -0.1) is 0 Å². The summed E-state index contributed by atoms with van der Waals surface area (Å²) in [6.45, 7) is 2.22. The molecule has 1 unspecified atom stereocenters. The predicted molar refractivity (Wildman–Crippen MR) is 71.9 cm³/mol. The van der Waals surface area contributed by atoms with Gasteiger partial charge < -0.3 is 0 Å². The standard InChI is InChI=1S/C10H10.2HI.Zr/c1-8-6-7-9-4-2-3-5-10(8)9;;;/h2-8H,1H3;2*1H;/q;;;+2/p-2. The van der Waals surface area contributed by atoms with Gasteiger partial charge in [0.25, 0.3) is 0 Å². The molecule has 3 heteroatoms. The normalized spacial score (nSPS) is 17.3. The zero-order valence-electron chi connectivity index (χ0n) is 7.30. The van der Waals surface area contributed by atoms with E-state index in [0.29, 0.717) is 5.92 Å². The van der Waals surface area contributed by atoms with Gasteiger partial charge in [-0.2, -0.15) is 0 Å². The maximum atomic E-state index is 2.45. The van der Waals surface area contributed by atoms with E-state index in [2.05, 4.69) is 79.4 Å². The van der Waals surface area contributed by atoms with Crippen molar-refractivity contribution in [3.63, 3.8) is 0 Å². The summed E-state index contributed by atoms with van der Waals surface area (Å²) in [5.41, 5.74) is 2.84. The van der Waals surface area contributed by atoms with Crippen molar-refractivity contribution < 1.29 is 14.9 Å². The van der Waals surface area contributed by atoms with Crippen LogP contribution in [0.1, 0.15) is 24.0 Å². The Morgan fingerprint density at radius 1 is 1.23 bits per heavy atom. The van der Waals surface area contributed by atoms with Crippen molar-refractivity contribution in [3.05, 3.63) is 41.5 Å². The molecule has 0 heterocycles. The zero-order chi connectivity index (χ0) is 9.68. The Morgan fingerprint density at radius 2 is 1.85 bits per heavy atom. The summed E-state index contributed by atoms with van der Waals surface area (Å²) < 4.78 is 0. The molecule has 0 N–H and O–H groups in total. The Labute approximate surface area is 110 Å². The van der Waals surface area contributed by atoms with Gasteiger partial charge in [0.1, 0.15) is 0 Å². The maximum absolute atomic E-state index is 2.45. The van der Waals surface area contributed by atoms with Crippen LogP contribution in [0.4, 0.5) is 0 Å². The van der Waals surface area contributed by atoms with Crippen LogP contribution >= 0.6 is 36.1 Å². The molecule has 0 aliphatic heterocycles. The molecular formula is C10H10I2Zr. The van der Waals surface area contributed by atoms with E-state index in [-0.39, 0.29) is 14.9 Å². The summed E-state index contributed by atoms with van der Waals surface area (Å²) >= 11 is 5.06. The molecule has 1 atom stereocenters. The molecule has 1 aromatic rings. The average Bonchev–Trinajstić information content (AvgIpc) is 2.50. The van der Waals surface area contributed by atoms with Gasteiger partial charge in [-0.3, -0.25) is 0 Å². The van der Waals surface area contributed by atoms with Crippen LogP contribution in [0.15, 0.2) is 30.3 Å². The van der Waals surface area contributed by atoms with Crippen LogP contribution in [0, 0.1) is 0 Å². The third-order valence-corrected chi connectivity index (χ3v) is 2.05. The van der Waals surface area contributed by atoms with Crippen molar-refractivity contribution >= 4 is 42.2 Å². The molecule has 13 heavy (non-hydrogen) atoms. The predicted octanol–water partition coefficient (Wildman–Crippen LogP) is 4.59. The van der Waals surface area contributed by atoms with Crippen molar-refractivity contribution in [3.8, 4) is 0 Å². The first-order valence-corrected chi connectivity index (χ1v) is 18.6. The second-order valence-electron chi connectivity index (χ2n) is 2.85. The molecule has 0 nitrogen and oxygen atoms in total. The molecule has 1 aromatic carbocycles. The van der Waals surface area contributed by atoms with Gasteiger partial charge in [0.15, 0.2) is 0 Å². The van der Waals surface area contributed by atoms with Crippen molar-refractivity contribution in [2.45, 2.75) is 12.8 Å². The number of rotatable bonds is 0. The molecular weight excluding hydrogens is 465 g/mol. The van der Waals surface area contributed by atoms with E-state index >= 15 is 0 Å². The molecule has 68 valence electrons. The van der Waals surface area contributed by atoms with E-state index in [4.69, 9.17) is 0 Å². The van der Waals surface area contributed by atoms with E-state index in [1.807, 2.05) is 0 Å². The zero-order valence-corrected chi connectivity index (χ0v) is 14.1. The van der Waals surface area contributed by atoms with E-state index in [1.54, 1.807) is 0 Å². The SMILES string of the molecule is CC1C=Cc2ccccc21.[I][Zr][I]. The summed E-state index contributed by atoms with van der Waals surface area (Å²) in [5, 5.41) is 0. The first-order valence-electron chi connectivity index (χ1n) is 4.03. The molecule has 0 aromatic heterocycles. The summed E-state index contributed by atoms with van der Waals surface area (Å²) in [4.78, 5) is 0. The van der Waals surface area contributed by atoms with Crippen LogP contribution in [0.5, 0.6) is 0 Å². The fraction of sp³-hybridized carbons (Fsp3) is 0.200. The monoisotopic (exact) mass is 474 g/mol. The topological polar surface area (TPSA) is 0 Å². The van der Waals surface area contributed by atoms with Crippen LogP contribution in [0.2, 0.25) is 0 Å². The third kappa shape index (κ3) is 3.75. The van der Waals surface area contributed by atoms with Gasteiger partial charge >= 0.3 is 50.9 Å². The molecule has 0 radical (unpaired) electrons. The Kier molecular flexibility index (Phi) is 6.40. The summed E-state index contributed by atoms with van der Waals surface area (Å²) in [5.74, 6) is 0.621. The molecule has 1 aliphatic carbocycles. The Hall–Kier alpha value is 1.30. The van der Waals surface area contributed by atoms with Gasteiger partial charge in [0.2, 0.25) is 0 Å². The minimum absolute atomic E-state index is 0.170. The number of allylic oxidation sites excluding steroid dienone is 1. The molecule has 2 rings (SSSR count). The summed E-state index contributed by atoms with van der Waals surface area (Å²) in [6.07, 6.45) is 4.44. The fourth-order valence-electron chi connectivity index (χ4n) is 1.43. The van der Waals surface area contributed by atoms with Gasteiger partial charge in [0.05, 0.1) is 0 Å². The van der Waals surface area contributed by atoms with Crippen LogP contribution < -0.4 is 0 Å². The van der Waals surface area contributed by atoms with Gasteiger partial charge in [-0.25, -0.2) is 0 Å². The molecule has 0 saturated heterocycles. The van der Waals surface area contributed by atoms with Crippen molar-refractivity contribution in [1.29, 1.82) is 0 Å². The second kappa shape index (κ2) is 6.73. The van der Waals surface area contributed by atoms with Crippen LogP contribution in [-0.2, 0) is 14.9 Å². The molecule has 1 aliphatic rings. The van der Waals surface area contributed by atoms with Gasteiger partial charge in [0, 0.05) is 0 Å². The number of fused-ring (bicyclic) bond motifs is 1. The van der Waals surface area contributed by atoms with Crippen LogP contribution in [0.25, 0.3) is 6.08 Å². The quantitative estimate of drug-likeness (QED) is 0.482. The van der Waals surface area contributed by atoms with Crippen molar-refractivity contribution in [2.24, 2.45) is 0 Å². The first kappa shape index (κ1) is 12.4. The average molecular weight is 475 g/mol. The third-order valence-electron chi connectivity index (χ3n) is 2.05. The van der Waals surface area contributed by atoms with E-state index < -0.39 is 0 Å². The van der Waals surface area contributed by atoms with Gasteiger partial charge in [-0.1, -0.05) is 43.3 Å². The van der Waals surface area contributed by atoms with E-state index in [0.717, 1.165) is 0 Å². The van der Waals surface area contributed by atoms with E-state index in [9.17, 15) is 0 Å². The van der Waals surface area contributed by atoms with Gasteiger partial charge in [-0.05, 0) is 17.0 Å². The molecule has 0 saturated carbocycles. The number of hydrogen-bond acceptors (Lipinski definition) is 0. The van der Waals surface area contributed by atoms with Crippen LogP contribution in [-0.4, -0.2) is 0 Å². The minimum atomic E-state index is 0.170. The molecule has 0 fully saturated rings. The van der Waals surface area contributed by atoms with Crippen LogP contribution in [0.3, 0.4) is 0 Å². The molecule has 0 amide bonds. The number of benzene rings is 1. The Balaban J connectivity index is 0.000000251.